The van der Waals surface area contributed by atoms with Crippen LogP contribution in [0.3, 0.4) is 0 Å². The molecule has 0 aliphatic rings. The Balaban J connectivity index is 2.33. The van der Waals surface area contributed by atoms with Gasteiger partial charge in [0, 0.05) is 55.7 Å². The summed E-state index contributed by atoms with van der Waals surface area (Å²) in [5.41, 5.74) is 10.1. The Morgan fingerprint density at radius 1 is 1.37 bits per heavy atom. The molecule has 102 valence electrons. The topological polar surface area (TPSA) is 60.0 Å². The quantitative estimate of drug-likeness (QED) is 0.904. The van der Waals surface area contributed by atoms with Crippen molar-refractivity contribution in [3.05, 3.63) is 41.2 Å². The van der Waals surface area contributed by atoms with Crippen LogP contribution in [-0.4, -0.2) is 21.6 Å². The van der Waals surface area contributed by atoms with Crippen LogP contribution in [0.5, 0.6) is 0 Å². The van der Waals surface area contributed by atoms with E-state index in [9.17, 15) is 0 Å². The van der Waals surface area contributed by atoms with Crippen LogP contribution in [0, 0.1) is 13.8 Å². The number of aromatic nitrogens is 3. The third-order valence-corrected chi connectivity index (χ3v) is 3.35. The average Bonchev–Trinajstić information content (AvgIpc) is 2.74. The second-order valence-electron chi connectivity index (χ2n) is 4.86. The minimum atomic E-state index is 0.499. The van der Waals surface area contributed by atoms with Crippen molar-refractivity contribution in [2.45, 2.75) is 26.9 Å². The molecule has 19 heavy (non-hydrogen) atoms. The summed E-state index contributed by atoms with van der Waals surface area (Å²) >= 11 is 0. The van der Waals surface area contributed by atoms with E-state index in [4.69, 9.17) is 5.73 Å². The highest BCUT2D eigenvalue weighted by molar-refractivity contribution is 5.55. The van der Waals surface area contributed by atoms with Crippen LogP contribution >= 0.6 is 0 Å². The van der Waals surface area contributed by atoms with Crippen LogP contribution in [-0.2, 0) is 20.1 Å². The first kappa shape index (κ1) is 13.5. The van der Waals surface area contributed by atoms with E-state index in [0.717, 1.165) is 35.0 Å². The molecular formula is C14H21N5. The van der Waals surface area contributed by atoms with E-state index >= 15 is 0 Å². The number of rotatable bonds is 4. The van der Waals surface area contributed by atoms with Crippen molar-refractivity contribution in [2.75, 3.05) is 11.9 Å². The molecule has 0 aromatic carbocycles. The van der Waals surface area contributed by atoms with Crippen LogP contribution in [0.25, 0.3) is 0 Å². The van der Waals surface area contributed by atoms with Crippen molar-refractivity contribution in [3.63, 3.8) is 0 Å². The number of pyridine rings is 1. The zero-order valence-electron chi connectivity index (χ0n) is 12.0. The van der Waals surface area contributed by atoms with Gasteiger partial charge in [-0.3, -0.25) is 4.98 Å². The highest BCUT2D eigenvalue weighted by Crippen LogP contribution is 2.23. The number of hydrogen-bond acceptors (Lipinski definition) is 4. The lowest BCUT2D eigenvalue weighted by Crippen LogP contribution is -2.22. The van der Waals surface area contributed by atoms with Gasteiger partial charge in [-0.05, 0) is 19.9 Å². The number of aryl methyl sites for hydroxylation is 3. The Morgan fingerprint density at radius 2 is 2.11 bits per heavy atom. The summed E-state index contributed by atoms with van der Waals surface area (Å²) in [6.07, 6.45) is 3.77. The van der Waals surface area contributed by atoms with Gasteiger partial charge in [0.25, 0.3) is 0 Å². The number of imidazole rings is 1. The normalized spacial score (nSPS) is 10.8. The molecule has 0 unspecified atom stereocenters. The minimum absolute atomic E-state index is 0.499. The van der Waals surface area contributed by atoms with Gasteiger partial charge in [-0.25, -0.2) is 4.98 Å². The lowest BCUT2D eigenvalue weighted by Gasteiger charge is -2.23. The van der Waals surface area contributed by atoms with Crippen LogP contribution in [0.15, 0.2) is 18.5 Å². The van der Waals surface area contributed by atoms with Crippen molar-refractivity contribution >= 4 is 5.69 Å². The molecule has 2 aromatic rings. The highest BCUT2D eigenvalue weighted by Gasteiger charge is 2.12. The Hall–Kier alpha value is -1.88. The summed E-state index contributed by atoms with van der Waals surface area (Å²) in [5, 5.41) is 0. The molecule has 0 atom stereocenters. The monoisotopic (exact) mass is 259 g/mol. The summed E-state index contributed by atoms with van der Waals surface area (Å²) in [6.45, 7) is 5.26. The zero-order valence-corrected chi connectivity index (χ0v) is 12.0. The second-order valence-corrected chi connectivity index (χ2v) is 4.86. The first-order chi connectivity index (χ1) is 9.02. The summed E-state index contributed by atoms with van der Waals surface area (Å²) in [7, 11) is 4.06. The molecule has 0 spiro atoms. The van der Waals surface area contributed by atoms with Gasteiger partial charge in [-0.2, -0.15) is 0 Å². The molecule has 5 nitrogen and oxygen atoms in total. The molecular weight excluding hydrogens is 238 g/mol. The maximum Gasteiger partial charge on any atom is 0.127 e. The maximum atomic E-state index is 5.86. The van der Waals surface area contributed by atoms with Gasteiger partial charge in [0.05, 0.1) is 6.54 Å². The molecule has 2 heterocycles. The maximum absolute atomic E-state index is 5.86. The zero-order chi connectivity index (χ0) is 14.0. The van der Waals surface area contributed by atoms with Gasteiger partial charge in [0.1, 0.15) is 5.82 Å². The van der Waals surface area contributed by atoms with Crippen LogP contribution in [0.1, 0.15) is 22.8 Å². The molecule has 5 heteroatoms. The minimum Gasteiger partial charge on any atom is -0.367 e. The fraction of sp³-hybridized carbons (Fsp3) is 0.429. The Bertz CT molecular complexity index is 573. The molecule has 2 N–H and O–H groups in total. The Kier molecular flexibility index (Phi) is 3.85. The fourth-order valence-corrected chi connectivity index (χ4v) is 2.27. The molecule has 0 amide bonds. The average molecular weight is 259 g/mol. The number of anilines is 1. The van der Waals surface area contributed by atoms with E-state index in [-0.39, 0.29) is 0 Å². The number of nitrogens with zero attached hydrogens (tertiary/aromatic N) is 4. The van der Waals surface area contributed by atoms with Crippen molar-refractivity contribution in [3.8, 4) is 0 Å². The van der Waals surface area contributed by atoms with Crippen LogP contribution in [0.2, 0.25) is 0 Å². The summed E-state index contributed by atoms with van der Waals surface area (Å²) < 4.78 is 2.03. The van der Waals surface area contributed by atoms with E-state index in [0.29, 0.717) is 6.54 Å². The van der Waals surface area contributed by atoms with E-state index < -0.39 is 0 Å². The molecule has 0 aliphatic carbocycles. The molecule has 0 aliphatic heterocycles. The molecule has 0 radical (unpaired) electrons. The summed E-state index contributed by atoms with van der Waals surface area (Å²) in [6, 6.07) is 2.08. The van der Waals surface area contributed by atoms with Crippen molar-refractivity contribution < 1.29 is 0 Å². The van der Waals surface area contributed by atoms with Gasteiger partial charge in [-0.15, -0.1) is 0 Å². The van der Waals surface area contributed by atoms with E-state index in [1.807, 2.05) is 37.9 Å². The predicted octanol–water partition coefficient (Wildman–Crippen LogP) is 1.53. The fourth-order valence-electron chi connectivity index (χ4n) is 2.27. The highest BCUT2D eigenvalue weighted by atomic mass is 15.2. The predicted molar refractivity (Wildman–Crippen MR) is 76.9 cm³/mol. The van der Waals surface area contributed by atoms with Gasteiger partial charge in [0.2, 0.25) is 0 Å². The molecule has 0 saturated heterocycles. The number of hydrogen-bond donors (Lipinski definition) is 1. The SMILES string of the molecule is Cc1cc(N(C)Cc2nccn2C)c(CN)c(C)n1. The van der Waals surface area contributed by atoms with E-state index in [2.05, 4.69) is 28.0 Å². The van der Waals surface area contributed by atoms with Gasteiger partial charge in [0.15, 0.2) is 0 Å². The number of nitrogens with two attached hydrogens (primary N) is 1. The second kappa shape index (κ2) is 5.40. The van der Waals surface area contributed by atoms with Crippen LogP contribution in [0.4, 0.5) is 5.69 Å². The standard InChI is InChI=1S/C14H21N5/c1-10-7-13(12(8-15)11(2)17-10)19(4)9-14-16-5-6-18(14)3/h5-7H,8-9,15H2,1-4H3. The smallest absolute Gasteiger partial charge is 0.127 e. The third-order valence-electron chi connectivity index (χ3n) is 3.35. The molecule has 2 rings (SSSR count). The van der Waals surface area contributed by atoms with Gasteiger partial charge >= 0.3 is 0 Å². The summed E-state index contributed by atoms with van der Waals surface area (Å²) in [4.78, 5) is 11.0. The first-order valence-corrected chi connectivity index (χ1v) is 6.37. The van der Waals surface area contributed by atoms with Crippen molar-refractivity contribution in [1.82, 2.24) is 14.5 Å². The lowest BCUT2D eigenvalue weighted by atomic mass is 10.1. The van der Waals surface area contributed by atoms with E-state index in [1.165, 1.54) is 0 Å². The van der Waals surface area contributed by atoms with Crippen molar-refractivity contribution in [2.24, 2.45) is 12.8 Å². The molecule has 0 saturated carbocycles. The molecule has 0 bridgehead atoms. The molecule has 2 aromatic heterocycles. The molecule has 0 fully saturated rings. The van der Waals surface area contributed by atoms with Gasteiger partial charge < -0.3 is 15.2 Å². The Morgan fingerprint density at radius 3 is 2.68 bits per heavy atom. The largest absolute Gasteiger partial charge is 0.367 e. The van der Waals surface area contributed by atoms with Crippen molar-refractivity contribution in [1.29, 1.82) is 0 Å². The van der Waals surface area contributed by atoms with Gasteiger partial charge in [-0.1, -0.05) is 0 Å². The lowest BCUT2D eigenvalue weighted by molar-refractivity contribution is 0.756. The first-order valence-electron chi connectivity index (χ1n) is 6.37. The van der Waals surface area contributed by atoms with E-state index in [1.54, 1.807) is 0 Å². The van der Waals surface area contributed by atoms with Crippen LogP contribution < -0.4 is 10.6 Å². The Labute approximate surface area is 114 Å². The summed E-state index contributed by atoms with van der Waals surface area (Å²) in [5.74, 6) is 1.03. The third kappa shape index (κ3) is 2.76.